The maximum atomic E-state index is 14.3. The predicted molar refractivity (Wildman–Crippen MR) is 148 cm³/mol. The van der Waals surface area contributed by atoms with Gasteiger partial charge in [0.25, 0.3) is 0 Å². The molecule has 3 aromatic rings. The molecular formula is C31H31F2N5O2. The molecule has 3 fully saturated rings. The normalized spacial score (nSPS) is 27.6. The number of hydrogen-bond acceptors (Lipinski definition) is 7. The van der Waals surface area contributed by atoms with Crippen molar-refractivity contribution in [1.29, 1.82) is 0 Å². The van der Waals surface area contributed by atoms with Gasteiger partial charge in [0.2, 0.25) is 0 Å². The molecule has 206 valence electrons. The summed E-state index contributed by atoms with van der Waals surface area (Å²) in [6.45, 7) is 3.40. The highest BCUT2D eigenvalue weighted by atomic mass is 19.1. The minimum atomic E-state index is -1.44. The SMILES string of the molecule is C#Cc1c(F)ccc2c1C=CC(O)(c1cc3nc(OC[C@@]45CCCN4C[C@H](F)C5)ncc3c(N3CCCC3)n1)C2. The lowest BCUT2D eigenvalue weighted by Crippen LogP contribution is -2.43. The summed E-state index contributed by atoms with van der Waals surface area (Å²) in [5, 5.41) is 12.6. The van der Waals surface area contributed by atoms with Crippen LogP contribution in [0.25, 0.3) is 17.0 Å². The molecule has 9 heteroatoms. The lowest BCUT2D eigenvalue weighted by atomic mass is 9.82. The van der Waals surface area contributed by atoms with Gasteiger partial charge in [0.15, 0.2) is 0 Å². The lowest BCUT2D eigenvalue weighted by molar-refractivity contribution is 0.0848. The van der Waals surface area contributed by atoms with Gasteiger partial charge in [0, 0.05) is 38.7 Å². The molecule has 1 aromatic carbocycles. The Bertz CT molecular complexity index is 1570. The van der Waals surface area contributed by atoms with Crippen LogP contribution in [0.1, 0.15) is 54.5 Å². The molecule has 7 rings (SSSR count). The number of fused-ring (bicyclic) bond motifs is 3. The van der Waals surface area contributed by atoms with Crippen molar-refractivity contribution in [2.24, 2.45) is 0 Å². The van der Waals surface area contributed by atoms with Gasteiger partial charge in [-0.3, -0.25) is 4.90 Å². The van der Waals surface area contributed by atoms with Gasteiger partial charge in [-0.15, -0.1) is 6.42 Å². The minimum absolute atomic E-state index is 0.191. The van der Waals surface area contributed by atoms with Crippen LogP contribution in [0, 0.1) is 18.2 Å². The first-order chi connectivity index (χ1) is 19.4. The van der Waals surface area contributed by atoms with Crippen LogP contribution in [0.4, 0.5) is 14.6 Å². The van der Waals surface area contributed by atoms with Crippen molar-refractivity contribution in [1.82, 2.24) is 19.9 Å². The van der Waals surface area contributed by atoms with Gasteiger partial charge in [-0.1, -0.05) is 18.1 Å². The third-order valence-electron chi connectivity index (χ3n) is 9.03. The number of anilines is 1. The number of nitrogens with zero attached hydrogens (tertiary/aromatic N) is 5. The number of alkyl halides is 1. The zero-order chi connectivity index (χ0) is 27.5. The maximum absolute atomic E-state index is 14.3. The number of benzene rings is 1. The summed E-state index contributed by atoms with van der Waals surface area (Å²) in [5.41, 5.74) is 0.867. The fourth-order valence-corrected chi connectivity index (χ4v) is 6.98. The third-order valence-corrected chi connectivity index (χ3v) is 9.03. The number of terminal acetylenes is 1. The van der Waals surface area contributed by atoms with Crippen LogP contribution in [0.5, 0.6) is 6.01 Å². The van der Waals surface area contributed by atoms with Crippen LogP contribution >= 0.6 is 0 Å². The standard InChI is InChI=1S/C31H31F2N5O2/c1-2-22-23-8-10-31(39,15-20(23)6-7-25(22)33)27-14-26-24(28(36-27)37-11-3-4-12-37)17-34-29(35-26)40-19-30-9-5-13-38(30)18-21(32)16-30/h1,6-8,10,14,17,21,39H,3-5,9,11-13,15-16,18-19H2/t21-,30+,31?/m1/s1. The summed E-state index contributed by atoms with van der Waals surface area (Å²) < 4.78 is 34.6. The fraction of sp³-hybridized carbons (Fsp3) is 0.452. The largest absolute Gasteiger partial charge is 0.461 e. The molecule has 1 aliphatic carbocycles. The molecule has 3 saturated heterocycles. The number of aliphatic hydroxyl groups is 1. The summed E-state index contributed by atoms with van der Waals surface area (Å²) in [5.74, 6) is 2.70. The first kappa shape index (κ1) is 25.4. The van der Waals surface area contributed by atoms with Crippen molar-refractivity contribution in [2.45, 2.75) is 55.8 Å². The Morgan fingerprint density at radius 2 is 2.02 bits per heavy atom. The molecule has 0 saturated carbocycles. The van der Waals surface area contributed by atoms with E-state index in [1.807, 2.05) is 0 Å². The van der Waals surface area contributed by atoms with E-state index in [0.717, 1.165) is 62.1 Å². The van der Waals surface area contributed by atoms with E-state index in [1.54, 1.807) is 30.5 Å². The van der Waals surface area contributed by atoms with Gasteiger partial charge in [0.1, 0.15) is 30.0 Å². The third kappa shape index (κ3) is 4.13. The number of aromatic nitrogens is 3. The van der Waals surface area contributed by atoms with E-state index < -0.39 is 17.6 Å². The smallest absolute Gasteiger partial charge is 0.316 e. The van der Waals surface area contributed by atoms with Crippen molar-refractivity contribution in [3.8, 4) is 18.4 Å². The van der Waals surface area contributed by atoms with Crippen LogP contribution in [0.2, 0.25) is 0 Å². The summed E-state index contributed by atoms with van der Waals surface area (Å²) in [6.07, 6.45) is 14.5. The van der Waals surface area contributed by atoms with E-state index in [0.29, 0.717) is 36.3 Å². The molecule has 3 aliphatic heterocycles. The van der Waals surface area contributed by atoms with E-state index in [-0.39, 0.29) is 23.5 Å². The molecule has 4 aliphatic rings. The maximum Gasteiger partial charge on any atom is 0.316 e. The Balaban J connectivity index is 1.25. The number of halogens is 2. The monoisotopic (exact) mass is 543 g/mol. The molecule has 1 N–H and O–H groups in total. The highest BCUT2D eigenvalue weighted by Gasteiger charge is 2.49. The van der Waals surface area contributed by atoms with E-state index in [9.17, 15) is 13.9 Å². The Morgan fingerprint density at radius 3 is 2.85 bits per heavy atom. The molecule has 2 aromatic heterocycles. The Kier molecular flexibility index (Phi) is 6.02. The van der Waals surface area contributed by atoms with E-state index in [2.05, 4.69) is 20.7 Å². The quantitative estimate of drug-likeness (QED) is 0.485. The molecule has 0 bridgehead atoms. The Labute approximate surface area is 231 Å². The van der Waals surface area contributed by atoms with Crippen LogP contribution in [-0.2, 0) is 12.0 Å². The van der Waals surface area contributed by atoms with E-state index in [4.69, 9.17) is 21.1 Å². The van der Waals surface area contributed by atoms with Crippen molar-refractivity contribution in [3.05, 3.63) is 58.7 Å². The molecule has 5 heterocycles. The molecule has 0 radical (unpaired) electrons. The number of rotatable bonds is 5. The number of hydrogen-bond donors (Lipinski definition) is 1. The van der Waals surface area contributed by atoms with Crippen molar-refractivity contribution in [3.63, 3.8) is 0 Å². The molecular weight excluding hydrogens is 512 g/mol. The number of pyridine rings is 1. The van der Waals surface area contributed by atoms with Gasteiger partial charge in [-0.25, -0.2) is 18.7 Å². The Hall–Kier alpha value is -3.61. The first-order valence-electron chi connectivity index (χ1n) is 14.0. The predicted octanol–water partition coefficient (Wildman–Crippen LogP) is 4.16. The average Bonchev–Trinajstić information content (AvgIpc) is 3.68. The van der Waals surface area contributed by atoms with E-state index >= 15 is 0 Å². The summed E-state index contributed by atoms with van der Waals surface area (Å²) >= 11 is 0. The molecule has 1 unspecified atom stereocenters. The van der Waals surface area contributed by atoms with Crippen molar-refractivity contribution in [2.75, 3.05) is 37.7 Å². The molecule has 40 heavy (non-hydrogen) atoms. The van der Waals surface area contributed by atoms with E-state index in [1.165, 1.54) is 6.07 Å². The second kappa shape index (κ2) is 9.50. The van der Waals surface area contributed by atoms with Crippen LogP contribution in [0.15, 0.2) is 30.5 Å². The zero-order valence-electron chi connectivity index (χ0n) is 22.2. The Morgan fingerprint density at radius 1 is 1.18 bits per heavy atom. The fourth-order valence-electron chi connectivity index (χ4n) is 6.98. The summed E-state index contributed by atoms with van der Waals surface area (Å²) in [6, 6.07) is 5.01. The highest BCUT2D eigenvalue weighted by Crippen LogP contribution is 2.41. The van der Waals surface area contributed by atoms with Crippen LogP contribution in [0.3, 0.4) is 0 Å². The lowest BCUT2D eigenvalue weighted by Gasteiger charge is -2.31. The van der Waals surface area contributed by atoms with Crippen molar-refractivity contribution < 1.29 is 18.6 Å². The van der Waals surface area contributed by atoms with Gasteiger partial charge < -0.3 is 14.7 Å². The second-order valence-corrected chi connectivity index (χ2v) is 11.5. The van der Waals surface area contributed by atoms with Crippen LogP contribution < -0.4 is 9.64 Å². The van der Waals surface area contributed by atoms with Crippen molar-refractivity contribution >= 4 is 22.8 Å². The highest BCUT2D eigenvalue weighted by molar-refractivity contribution is 5.90. The second-order valence-electron chi connectivity index (χ2n) is 11.5. The van der Waals surface area contributed by atoms with Gasteiger partial charge in [0.05, 0.1) is 27.7 Å². The first-order valence-corrected chi connectivity index (χ1v) is 14.0. The molecule has 7 nitrogen and oxygen atoms in total. The van der Waals surface area contributed by atoms with Gasteiger partial charge in [-0.2, -0.15) is 4.98 Å². The minimum Gasteiger partial charge on any atom is -0.461 e. The van der Waals surface area contributed by atoms with Gasteiger partial charge in [-0.05, 0) is 61.6 Å². The van der Waals surface area contributed by atoms with Gasteiger partial charge >= 0.3 is 6.01 Å². The zero-order valence-corrected chi connectivity index (χ0v) is 22.2. The molecule has 0 amide bonds. The summed E-state index contributed by atoms with van der Waals surface area (Å²) in [4.78, 5) is 18.6. The molecule has 3 atom stereocenters. The van der Waals surface area contributed by atoms with Crippen LogP contribution in [-0.4, -0.2) is 69.5 Å². The summed E-state index contributed by atoms with van der Waals surface area (Å²) in [7, 11) is 0. The number of ether oxygens (including phenoxy) is 1. The average molecular weight is 544 g/mol. The topological polar surface area (TPSA) is 74.6 Å². The molecule has 0 spiro atoms.